The number of aryl methyl sites for hydroxylation is 1. The standard InChI is InChI=1S/C31H35BrClN3O4S/c1-21-14-16-27(17-15-21)41(39,40)36(29-13-7-12-28(33)22(29)2)20-30(37)35(19-24-8-6-9-25(32)18-24)23(3)31(38)34-26-10-4-5-11-26/h6-9,12-18,23,26H,4-5,10-11,19-20H2,1-3H3,(H,34,38)/t23-/m1/s1. The van der Waals surface area contributed by atoms with Gasteiger partial charge in [-0.3, -0.25) is 13.9 Å². The summed E-state index contributed by atoms with van der Waals surface area (Å²) >= 11 is 9.87. The average molecular weight is 661 g/mol. The molecule has 0 spiro atoms. The molecule has 41 heavy (non-hydrogen) atoms. The van der Waals surface area contributed by atoms with Gasteiger partial charge < -0.3 is 10.2 Å². The summed E-state index contributed by atoms with van der Waals surface area (Å²) in [4.78, 5) is 29.0. The van der Waals surface area contributed by atoms with Gasteiger partial charge in [-0.1, -0.05) is 76.3 Å². The van der Waals surface area contributed by atoms with Crippen LogP contribution >= 0.6 is 27.5 Å². The van der Waals surface area contributed by atoms with Gasteiger partial charge >= 0.3 is 0 Å². The molecule has 2 amide bonds. The Balaban J connectivity index is 1.72. The van der Waals surface area contributed by atoms with E-state index < -0.39 is 28.5 Å². The Kier molecular flexibility index (Phi) is 10.2. The van der Waals surface area contributed by atoms with Crippen molar-refractivity contribution in [1.29, 1.82) is 0 Å². The van der Waals surface area contributed by atoms with Gasteiger partial charge in [-0.25, -0.2) is 8.42 Å². The molecule has 3 aromatic rings. The smallest absolute Gasteiger partial charge is 0.264 e. The molecule has 0 heterocycles. The van der Waals surface area contributed by atoms with Crippen molar-refractivity contribution in [2.45, 2.75) is 70.0 Å². The number of halogens is 2. The van der Waals surface area contributed by atoms with Gasteiger partial charge in [-0.15, -0.1) is 0 Å². The second kappa shape index (κ2) is 13.4. The first-order valence-electron chi connectivity index (χ1n) is 13.7. The van der Waals surface area contributed by atoms with Crippen LogP contribution in [0.5, 0.6) is 0 Å². The Morgan fingerprint density at radius 3 is 2.34 bits per heavy atom. The molecule has 0 unspecified atom stereocenters. The molecule has 1 N–H and O–H groups in total. The molecule has 0 aromatic heterocycles. The van der Waals surface area contributed by atoms with Crippen LogP contribution in [0, 0.1) is 13.8 Å². The van der Waals surface area contributed by atoms with E-state index in [2.05, 4.69) is 21.2 Å². The van der Waals surface area contributed by atoms with E-state index in [0.717, 1.165) is 45.6 Å². The first-order valence-corrected chi connectivity index (χ1v) is 16.3. The number of hydrogen-bond donors (Lipinski definition) is 1. The fourth-order valence-electron chi connectivity index (χ4n) is 5.02. The molecule has 1 atom stereocenters. The van der Waals surface area contributed by atoms with Crippen LogP contribution in [0.15, 0.2) is 76.1 Å². The van der Waals surface area contributed by atoms with Gasteiger partial charge in [0.05, 0.1) is 10.6 Å². The number of carbonyl (C=O) groups excluding carboxylic acids is 2. The van der Waals surface area contributed by atoms with Gasteiger partial charge in [0.1, 0.15) is 12.6 Å². The number of amides is 2. The normalized spacial score (nSPS) is 14.5. The highest BCUT2D eigenvalue weighted by atomic mass is 79.9. The molecule has 1 aliphatic carbocycles. The molecule has 218 valence electrons. The second-order valence-electron chi connectivity index (χ2n) is 10.5. The maximum Gasteiger partial charge on any atom is 0.264 e. The maximum absolute atomic E-state index is 14.1. The van der Waals surface area contributed by atoms with Crippen molar-refractivity contribution in [3.63, 3.8) is 0 Å². The molecule has 4 rings (SSSR count). The highest BCUT2D eigenvalue weighted by Crippen LogP contribution is 2.31. The van der Waals surface area contributed by atoms with E-state index in [1.54, 1.807) is 44.2 Å². The average Bonchev–Trinajstić information content (AvgIpc) is 3.45. The highest BCUT2D eigenvalue weighted by molar-refractivity contribution is 9.10. The quantitative estimate of drug-likeness (QED) is 0.273. The zero-order valence-corrected chi connectivity index (χ0v) is 26.6. The van der Waals surface area contributed by atoms with Crippen molar-refractivity contribution < 1.29 is 18.0 Å². The number of anilines is 1. The monoisotopic (exact) mass is 659 g/mol. The Morgan fingerprint density at radius 2 is 1.68 bits per heavy atom. The fraction of sp³-hybridized carbons (Fsp3) is 0.355. The van der Waals surface area contributed by atoms with Crippen LogP contribution in [0.3, 0.4) is 0 Å². The molecule has 1 saturated carbocycles. The van der Waals surface area contributed by atoms with Crippen LogP contribution in [0.4, 0.5) is 5.69 Å². The van der Waals surface area contributed by atoms with Crippen LogP contribution in [0.25, 0.3) is 0 Å². The lowest BCUT2D eigenvalue weighted by Gasteiger charge is -2.33. The lowest BCUT2D eigenvalue weighted by atomic mass is 10.1. The molecule has 1 fully saturated rings. The molecule has 7 nitrogen and oxygen atoms in total. The first-order chi connectivity index (χ1) is 19.5. The SMILES string of the molecule is Cc1ccc(S(=O)(=O)N(CC(=O)N(Cc2cccc(Br)c2)[C@H](C)C(=O)NC2CCCC2)c2cccc(Cl)c2C)cc1. The Morgan fingerprint density at radius 1 is 1.02 bits per heavy atom. The van der Waals surface area contributed by atoms with Crippen LogP contribution < -0.4 is 9.62 Å². The van der Waals surface area contributed by atoms with Gasteiger partial charge in [-0.05, 0) is 81.1 Å². The van der Waals surface area contributed by atoms with Gasteiger partial charge in [-0.2, -0.15) is 0 Å². The van der Waals surface area contributed by atoms with Gasteiger partial charge in [0.2, 0.25) is 11.8 Å². The van der Waals surface area contributed by atoms with Gasteiger partial charge in [0.15, 0.2) is 0 Å². The highest BCUT2D eigenvalue weighted by Gasteiger charge is 2.34. The number of rotatable bonds is 10. The van der Waals surface area contributed by atoms with Gasteiger partial charge in [0.25, 0.3) is 10.0 Å². The van der Waals surface area contributed by atoms with E-state index in [1.807, 2.05) is 31.2 Å². The number of sulfonamides is 1. The third kappa shape index (κ3) is 7.50. The summed E-state index contributed by atoms with van der Waals surface area (Å²) in [5.74, 6) is -0.763. The summed E-state index contributed by atoms with van der Waals surface area (Å²) in [6.45, 7) is 4.90. The van der Waals surface area contributed by atoms with Crippen molar-refractivity contribution in [3.05, 3.63) is 92.9 Å². The Hall–Kier alpha value is -2.88. The number of carbonyl (C=O) groups is 2. The van der Waals surface area contributed by atoms with E-state index in [0.29, 0.717) is 16.3 Å². The fourth-order valence-corrected chi connectivity index (χ4v) is 7.11. The summed E-state index contributed by atoms with van der Waals surface area (Å²) in [6, 6.07) is 18.2. The number of benzene rings is 3. The van der Waals surface area contributed by atoms with Crippen LogP contribution in [-0.4, -0.2) is 43.8 Å². The van der Waals surface area contributed by atoms with Crippen molar-refractivity contribution in [2.24, 2.45) is 0 Å². The third-order valence-corrected chi connectivity index (χ3v) is 10.2. The summed E-state index contributed by atoms with van der Waals surface area (Å²) in [5.41, 5.74) is 2.55. The van der Waals surface area contributed by atoms with Crippen molar-refractivity contribution >= 4 is 55.1 Å². The van der Waals surface area contributed by atoms with E-state index >= 15 is 0 Å². The molecule has 0 radical (unpaired) electrons. The minimum atomic E-state index is -4.16. The minimum absolute atomic E-state index is 0.0563. The molecule has 0 aliphatic heterocycles. The maximum atomic E-state index is 14.1. The number of nitrogens with zero attached hydrogens (tertiary/aromatic N) is 2. The summed E-state index contributed by atoms with van der Waals surface area (Å²) < 4.78 is 30.0. The largest absolute Gasteiger partial charge is 0.352 e. The Bertz CT molecular complexity index is 1510. The molecular weight excluding hydrogens is 626 g/mol. The second-order valence-corrected chi connectivity index (χ2v) is 13.7. The van der Waals surface area contributed by atoms with E-state index in [9.17, 15) is 18.0 Å². The molecule has 0 bridgehead atoms. The summed E-state index contributed by atoms with van der Waals surface area (Å²) in [5, 5.41) is 3.47. The summed E-state index contributed by atoms with van der Waals surface area (Å²) in [7, 11) is -4.16. The minimum Gasteiger partial charge on any atom is -0.352 e. The third-order valence-electron chi connectivity index (χ3n) is 7.51. The molecule has 1 aliphatic rings. The molecule has 3 aromatic carbocycles. The first kappa shape index (κ1) is 31.1. The van der Waals surface area contributed by atoms with E-state index in [1.165, 1.54) is 17.0 Å². The zero-order valence-electron chi connectivity index (χ0n) is 23.4. The molecular formula is C31H35BrClN3O4S. The number of hydrogen-bond acceptors (Lipinski definition) is 4. The topological polar surface area (TPSA) is 86.8 Å². The molecule has 10 heteroatoms. The van der Waals surface area contributed by atoms with Crippen LogP contribution in [-0.2, 0) is 26.2 Å². The van der Waals surface area contributed by atoms with Crippen LogP contribution in [0.2, 0.25) is 5.02 Å². The zero-order chi connectivity index (χ0) is 29.7. The Labute approximate surface area is 256 Å². The van der Waals surface area contributed by atoms with Crippen molar-refractivity contribution in [3.8, 4) is 0 Å². The van der Waals surface area contributed by atoms with Gasteiger partial charge in [0, 0.05) is 22.1 Å². The van der Waals surface area contributed by atoms with Crippen molar-refractivity contribution in [2.75, 3.05) is 10.8 Å². The predicted molar refractivity (Wildman–Crippen MR) is 166 cm³/mol. The lowest BCUT2D eigenvalue weighted by molar-refractivity contribution is -0.139. The van der Waals surface area contributed by atoms with E-state index in [-0.39, 0.29) is 23.4 Å². The molecule has 0 saturated heterocycles. The van der Waals surface area contributed by atoms with E-state index in [4.69, 9.17) is 11.6 Å². The summed E-state index contributed by atoms with van der Waals surface area (Å²) in [6.07, 6.45) is 3.94. The predicted octanol–water partition coefficient (Wildman–Crippen LogP) is 6.39. The van der Waals surface area contributed by atoms with Crippen molar-refractivity contribution in [1.82, 2.24) is 10.2 Å². The van der Waals surface area contributed by atoms with Crippen LogP contribution in [0.1, 0.15) is 49.3 Å². The lowest BCUT2D eigenvalue weighted by Crippen LogP contribution is -2.52. The number of nitrogens with one attached hydrogen (secondary N) is 1.